The average Bonchev–Trinajstić information content (AvgIpc) is 2.61. The van der Waals surface area contributed by atoms with E-state index in [1.54, 1.807) is 18.2 Å². The first kappa shape index (κ1) is 18.1. The predicted molar refractivity (Wildman–Crippen MR) is 94.6 cm³/mol. The molecule has 0 amide bonds. The van der Waals surface area contributed by atoms with Gasteiger partial charge in [-0.05, 0) is 18.2 Å². The summed E-state index contributed by atoms with van der Waals surface area (Å²) in [5.74, 6) is 0.903. The highest BCUT2D eigenvalue weighted by Crippen LogP contribution is 2.39. The number of hydrogen-bond donors (Lipinski definition) is 1. The smallest absolute Gasteiger partial charge is 0.416 e. The monoisotopic (exact) mass is 382 g/mol. The van der Waals surface area contributed by atoms with E-state index in [2.05, 4.69) is 10.3 Å². The summed E-state index contributed by atoms with van der Waals surface area (Å²) in [6.07, 6.45) is -2.99. The number of anilines is 2. The maximum absolute atomic E-state index is 12.9. The lowest BCUT2D eigenvalue weighted by Gasteiger charge is -2.15. The van der Waals surface area contributed by atoms with E-state index in [1.807, 2.05) is 0 Å². The van der Waals surface area contributed by atoms with Gasteiger partial charge in [0.15, 0.2) is 0 Å². The van der Waals surface area contributed by atoms with Gasteiger partial charge in [-0.1, -0.05) is 17.7 Å². The number of nitrogens with one attached hydrogen (secondary N) is 1. The maximum Gasteiger partial charge on any atom is 0.416 e. The van der Waals surface area contributed by atoms with Crippen molar-refractivity contribution in [2.45, 2.75) is 6.18 Å². The third kappa shape index (κ3) is 3.48. The van der Waals surface area contributed by atoms with Crippen molar-refractivity contribution in [2.24, 2.45) is 0 Å². The molecule has 136 valence electrons. The topological polar surface area (TPSA) is 43.4 Å². The number of fused-ring (bicyclic) bond motifs is 1. The molecule has 0 fully saturated rings. The SMILES string of the molecule is COc1cc(Nc2ccnc3cc(C(F)(F)F)ccc23)c(OC)cc1Cl. The number of pyridine rings is 1. The number of hydrogen-bond acceptors (Lipinski definition) is 4. The number of alkyl halides is 3. The second-order valence-corrected chi connectivity index (χ2v) is 5.81. The first-order chi connectivity index (χ1) is 12.3. The largest absolute Gasteiger partial charge is 0.495 e. The normalized spacial score (nSPS) is 11.5. The van der Waals surface area contributed by atoms with Gasteiger partial charge in [0.2, 0.25) is 0 Å². The van der Waals surface area contributed by atoms with Crippen LogP contribution in [0, 0.1) is 0 Å². The summed E-state index contributed by atoms with van der Waals surface area (Å²) >= 11 is 6.09. The molecule has 0 aliphatic rings. The highest BCUT2D eigenvalue weighted by atomic mass is 35.5. The standard InChI is InChI=1S/C18H14ClF3N2O2/c1-25-16-9-15(17(26-2)8-12(16)19)24-13-5-6-23-14-7-10(18(20,21)22)3-4-11(13)14/h3-9H,1-2H3,(H,23,24). The Labute approximate surface area is 152 Å². The second kappa shape index (κ2) is 6.92. The van der Waals surface area contributed by atoms with Crippen LogP contribution in [0.3, 0.4) is 0 Å². The number of aromatic nitrogens is 1. The molecule has 0 radical (unpaired) electrons. The molecule has 1 aromatic heterocycles. The molecule has 0 spiro atoms. The van der Waals surface area contributed by atoms with Crippen molar-refractivity contribution in [1.82, 2.24) is 4.98 Å². The Hall–Kier alpha value is -2.67. The van der Waals surface area contributed by atoms with Gasteiger partial charge in [0.1, 0.15) is 11.5 Å². The fraction of sp³-hybridized carbons (Fsp3) is 0.167. The van der Waals surface area contributed by atoms with Gasteiger partial charge in [-0.3, -0.25) is 4.98 Å². The molecule has 8 heteroatoms. The van der Waals surface area contributed by atoms with Crippen LogP contribution in [0.15, 0.2) is 42.6 Å². The number of benzene rings is 2. The van der Waals surface area contributed by atoms with Crippen LogP contribution >= 0.6 is 11.6 Å². The maximum atomic E-state index is 12.9. The van der Waals surface area contributed by atoms with Gasteiger partial charge < -0.3 is 14.8 Å². The van der Waals surface area contributed by atoms with Crippen LogP contribution in [-0.2, 0) is 6.18 Å². The fourth-order valence-electron chi connectivity index (χ4n) is 2.54. The highest BCUT2D eigenvalue weighted by Gasteiger charge is 2.30. The zero-order valence-corrected chi connectivity index (χ0v) is 14.6. The van der Waals surface area contributed by atoms with Crippen LogP contribution < -0.4 is 14.8 Å². The third-order valence-corrected chi connectivity index (χ3v) is 4.11. The summed E-state index contributed by atoms with van der Waals surface area (Å²) in [4.78, 5) is 4.03. The number of methoxy groups -OCH3 is 2. The van der Waals surface area contributed by atoms with Gasteiger partial charge in [-0.25, -0.2) is 0 Å². The van der Waals surface area contributed by atoms with Crippen LogP contribution in [0.1, 0.15) is 5.56 Å². The number of rotatable bonds is 4. The molecule has 1 N–H and O–H groups in total. The Morgan fingerprint density at radius 1 is 0.962 bits per heavy atom. The first-order valence-electron chi connectivity index (χ1n) is 7.48. The second-order valence-electron chi connectivity index (χ2n) is 5.40. The molecule has 0 saturated carbocycles. The molecule has 0 atom stereocenters. The van der Waals surface area contributed by atoms with Crippen molar-refractivity contribution in [3.63, 3.8) is 0 Å². The van der Waals surface area contributed by atoms with Crippen LogP contribution in [0.2, 0.25) is 5.02 Å². The quantitative estimate of drug-likeness (QED) is 0.631. The Morgan fingerprint density at radius 3 is 2.35 bits per heavy atom. The lowest BCUT2D eigenvalue weighted by molar-refractivity contribution is -0.137. The van der Waals surface area contributed by atoms with Crippen molar-refractivity contribution in [2.75, 3.05) is 19.5 Å². The van der Waals surface area contributed by atoms with E-state index in [0.717, 1.165) is 12.1 Å². The van der Waals surface area contributed by atoms with Crippen molar-refractivity contribution in [3.8, 4) is 11.5 Å². The third-order valence-electron chi connectivity index (χ3n) is 3.81. The van der Waals surface area contributed by atoms with Gasteiger partial charge in [0.25, 0.3) is 0 Å². The molecule has 3 aromatic rings. The minimum Gasteiger partial charge on any atom is -0.495 e. The first-order valence-corrected chi connectivity index (χ1v) is 7.86. The number of nitrogens with zero attached hydrogens (tertiary/aromatic N) is 1. The summed E-state index contributed by atoms with van der Waals surface area (Å²) in [6.45, 7) is 0. The Kier molecular flexibility index (Phi) is 4.82. The Morgan fingerprint density at radius 2 is 1.69 bits per heavy atom. The van der Waals surface area contributed by atoms with E-state index in [4.69, 9.17) is 21.1 Å². The molecule has 0 bridgehead atoms. The molecular weight excluding hydrogens is 369 g/mol. The summed E-state index contributed by atoms with van der Waals surface area (Å²) in [5, 5.41) is 4.06. The van der Waals surface area contributed by atoms with Gasteiger partial charge in [-0.15, -0.1) is 0 Å². The van der Waals surface area contributed by atoms with E-state index in [0.29, 0.717) is 33.3 Å². The Balaban J connectivity index is 2.07. The lowest BCUT2D eigenvalue weighted by Crippen LogP contribution is -2.05. The minimum atomic E-state index is -4.42. The van der Waals surface area contributed by atoms with Crippen LogP contribution in [0.4, 0.5) is 24.5 Å². The summed E-state index contributed by atoms with van der Waals surface area (Å²) in [6, 6.07) is 8.32. The molecule has 4 nitrogen and oxygen atoms in total. The number of ether oxygens (including phenoxy) is 2. The molecule has 0 unspecified atom stereocenters. The molecule has 26 heavy (non-hydrogen) atoms. The summed E-state index contributed by atoms with van der Waals surface area (Å²) < 4.78 is 49.2. The van der Waals surface area contributed by atoms with Gasteiger partial charge in [0, 0.05) is 29.4 Å². The fourth-order valence-corrected chi connectivity index (χ4v) is 2.77. The molecule has 0 aliphatic carbocycles. The van der Waals surface area contributed by atoms with Gasteiger partial charge >= 0.3 is 6.18 Å². The van der Waals surface area contributed by atoms with Crippen LogP contribution in [0.5, 0.6) is 11.5 Å². The minimum absolute atomic E-state index is 0.227. The van der Waals surface area contributed by atoms with E-state index < -0.39 is 11.7 Å². The van der Waals surface area contributed by atoms with Crippen molar-refractivity contribution in [1.29, 1.82) is 0 Å². The van der Waals surface area contributed by atoms with E-state index in [1.165, 1.54) is 26.5 Å². The van der Waals surface area contributed by atoms with Gasteiger partial charge in [0.05, 0.1) is 36.0 Å². The molecule has 0 saturated heterocycles. The van der Waals surface area contributed by atoms with Crippen LogP contribution in [0.25, 0.3) is 10.9 Å². The lowest BCUT2D eigenvalue weighted by atomic mass is 10.1. The van der Waals surface area contributed by atoms with Crippen LogP contribution in [-0.4, -0.2) is 19.2 Å². The van der Waals surface area contributed by atoms with Crippen molar-refractivity contribution in [3.05, 3.63) is 53.2 Å². The number of halogens is 4. The molecule has 0 aliphatic heterocycles. The molecule has 3 rings (SSSR count). The van der Waals surface area contributed by atoms with E-state index in [-0.39, 0.29) is 5.52 Å². The highest BCUT2D eigenvalue weighted by molar-refractivity contribution is 6.32. The van der Waals surface area contributed by atoms with Crippen molar-refractivity contribution < 1.29 is 22.6 Å². The zero-order valence-electron chi connectivity index (χ0n) is 13.8. The Bertz CT molecular complexity index is 961. The molecule has 2 aromatic carbocycles. The van der Waals surface area contributed by atoms with Crippen molar-refractivity contribution >= 4 is 33.9 Å². The molecular formula is C18H14ClF3N2O2. The van der Waals surface area contributed by atoms with E-state index in [9.17, 15) is 13.2 Å². The summed E-state index contributed by atoms with van der Waals surface area (Å²) in [5.41, 5.74) is 0.609. The predicted octanol–water partition coefficient (Wildman–Crippen LogP) is 5.67. The van der Waals surface area contributed by atoms with Gasteiger partial charge in [-0.2, -0.15) is 13.2 Å². The summed E-state index contributed by atoms with van der Waals surface area (Å²) in [7, 11) is 2.97. The average molecular weight is 383 g/mol. The molecule has 1 heterocycles. The zero-order chi connectivity index (χ0) is 18.9. The van der Waals surface area contributed by atoms with E-state index >= 15 is 0 Å².